The van der Waals surface area contributed by atoms with Crippen LogP contribution in [0.25, 0.3) is 0 Å². The molecule has 0 atom stereocenters. The predicted octanol–water partition coefficient (Wildman–Crippen LogP) is 3.47. The number of hydrogen-bond donors (Lipinski definition) is 2. The van der Waals surface area contributed by atoms with Gasteiger partial charge in [-0.25, -0.2) is 0 Å². The van der Waals surface area contributed by atoms with E-state index in [0.29, 0.717) is 12.1 Å². The summed E-state index contributed by atoms with van der Waals surface area (Å²) in [6.45, 7) is 2.56. The molecule has 0 radical (unpaired) electrons. The Bertz CT molecular complexity index is 464. The van der Waals surface area contributed by atoms with Crippen LogP contribution in [0.4, 0.5) is 0 Å². The van der Waals surface area contributed by atoms with Crippen LogP contribution in [-0.4, -0.2) is 29.4 Å². The fourth-order valence-electron chi connectivity index (χ4n) is 2.89. The van der Waals surface area contributed by atoms with Crippen molar-refractivity contribution in [1.29, 1.82) is 0 Å². The highest BCUT2D eigenvalue weighted by atomic mass is 32.2. The van der Waals surface area contributed by atoms with Crippen LogP contribution >= 0.6 is 11.8 Å². The third-order valence-corrected chi connectivity index (χ3v) is 5.29. The van der Waals surface area contributed by atoms with Crippen molar-refractivity contribution in [2.45, 2.75) is 49.5 Å². The fourth-order valence-corrected chi connectivity index (χ4v) is 3.30. The van der Waals surface area contributed by atoms with E-state index in [1.54, 1.807) is 11.8 Å². The molecule has 1 aliphatic carbocycles. The molecule has 21 heavy (non-hydrogen) atoms. The standard InChI is InChI=1S/C17H25NO2S/c1-3-13-8-10-17(20,11-9-13)12-18-16(19)14-4-6-15(21-2)7-5-14/h4-7,13,20H,3,8-12H2,1-2H3,(H,18,19). The van der Waals surface area contributed by atoms with Crippen LogP contribution in [-0.2, 0) is 0 Å². The summed E-state index contributed by atoms with van der Waals surface area (Å²) in [5.74, 6) is 0.633. The van der Waals surface area contributed by atoms with Gasteiger partial charge in [-0.1, -0.05) is 13.3 Å². The molecular weight excluding hydrogens is 282 g/mol. The Balaban J connectivity index is 1.85. The SMILES string of the molecule is CCC1CCC(O)(CNC(=O)c2ccc(SC)cc2)CC1. The first kappa shape index (κ1) is 16.4. The maximum absolute atomic E-state index is 12.1. The van der Waals surface area contributed by atoms with Gasteiger partial charge in [0.05, 0.1) is 5.60 Å². The zero-order chi connectivity index (χ0) is 15.3. The third-order valence-electron chi connectivity index (χ3n) is 4.54. The van der Waals surface area contributed by atoms with Gasteiger partial charge in [0.15, 0.2) is 0 Å². The Morgan fingerprint density at radius 1 is 1.33 bits per heavy atom. The van der Waals surface area contributed by atoms with Crippen molar-refractivity contribution >= 4 is 17.7 Å². The number of benzene rings is 1. The van der Waals surface area contributed by atoms with Crippen molar-refractivity contribution in [2.75, 3.05) is 12.8 Å². The summed E-state index contributed by atoms with van der Waals surface area (Å²) in [5.41, 5.74) is -0.0702. The van der Waals surface area contributed by atoms with Crippen LogP contribution in [0.2, 0.25) is 0 Å². The van der Waals surface area contributed by atoms with Crippen molar-refractivity contribution in [3.8, 4) is 0 Å². The molecule has 0 spiro atoms. The van der Waals surface area contributed by atoms with Crippen molar-refractivity contribution in [3.05, 3.63) is 29.8 Å². The van der Waals surface area contributed by atoms with E-state index in [0.717, 1.165) is 36.5 Å². The van der Waals surface area contributed by atoms with E-state index in [4.69, 9.17) is 0 Å². The summed E-state index contributed by atoms with van der Waals surface area (Å²) in [5, 5.41) is 13.4. The van der Waals surface area contributed by atoms with E-state index in [9.17, 15) is 9.90 Å². The van der Waals surface area contributed by atoms with Gasteiger partial charge in [-0.2, -0.15) is 0 Å². The van der Waals surface area contributed by atoms with Gasteiger partial charge in [-0.3, -0.25) is 4.79 Å². The molecule has 0 unspecified atom stereocenters. The summed E-state index contributed by atoms with van der Waals surface area (Å²) in [4.78, 5) is 13.3. The molecule has 0 bridgehead atoms. The number of hydrogen-bond acceptors (Lipinski definition) is 3. The molecule has 1 aromatic rings. The van der Waals surface area contributed by atoms with E-state index in [1.165, 1.54) is 6.42 Å². The smallest absolute Gasteiger partial charge is 0.251 e. The van der Waals surface area contributed by atoms with Gasteiger partial charge >= 0.3 is 0 Å². The number of carbonyl (C=O) groups excluding carboxylic acids is 1. The van der Waals surface area contributed by atoms with E-state index < -0.39 is 5.60 Å². The molecule has 1 amide bonds. The molecule has 2 N–H and O–H groups in total. The number of rotatable bonds is 5. The highest BCUT2D eigenvalue weighted by molar-refractivity contribution is 7.98. The van der Waals surface area contributed by atoms with Gasteiger partial charge in [0.1, 0.15) is 0 Å². The molecule has 1 aliphatic rings. The first-order chi connectivity index (χ1) is 10.1. The molecule has 0 aromatic heterocycles. The first-order valence-electron chi connectivity index (χ1n) is 7.71. The lowest BCUT2D eigenvalue weighted by Gasteiger charge is -2.35. The fraction of sp³-hybridized carbons (Fsp3) is 0.588. The zero-order valence-electron chi connectivity index (χ0n) is 12.9. The first-order valence-corrected chi connectivity index (χ1v) is 8.93. The number of nitrogens with one attached hydrogen (secondary N) is 1. The molecule has 0 heterocycles. The Labute approximate surface area is 131 Å². The zero-order valence-corrected chi connectivity index (χ0v) is 13.7. The Morgan fingerprint density at radius 3 is 2.48 bits per heavy atom. The summed E-state index contributed by atoms with van der Waals surface area (Å²) in [6, 6.07) is 7.56. The van der Waals surface area contributed by atoms with Crippen LogP contribution in [0.5, 0.6) is 0 Å². The minimum Gasteiger partial charge on any atom is -0.388 e. The molecule has 0 saturated heterocycles. The van der Waals surface area contributed by atoms with Gasteiger partial charge in [0.2, 0.25) is 0 Å². The normalized spacial score (nSPS) is 25.6. The van der Waals surface area contributed by atoms with E-state index in [-0.39, 0.29) is 5.91 Å². The summed E-state index contributed by atoms with van der Waals surface area (Å²) in [6.07, 6.45) is 6.90. The minimum absolute atomic E-state index is 0.103. The van der Waals surface area contributed by atoms with Crippen LogP contribution < -0.4 is 5.32 Å². The molecule has 2 rings (SSSR count). The second kappa shape index (κ2) is 7.32. The van der Waals surface area contributed by atoms with Crippen molar-refractivity contribution in [2.24, 2.45) is 5.92 Å². The van der Waals surface area contributed by atoms with E-state index in [1.807, 2.05) is 30.5 Å². The highest BCUT2D eigenvalue weighted by Crippen LogP contribution is 2.33. The van der Waals surface area contributed by atoms with Gasteiger partial charge in [0, 0.05) is 17.0 Å². The summed E-state index contributed by atoms with van der Waals surface area (Å²) in [7, 11) is 0. The van der Waals surface area contributed by atoms with Gasteiger partial charge in [-0.05, 0) is 62.1 Å². The van der Waals surface area contributed by atoms with Gasteiger partial charge < -0.3 is 10.4 Å². The van der Waals surface area contributed by atoms with E-state index >= 15 is 0 Å². The maximum Gasteiger partial charge on any atom is 0.251 e. The highest BCUT2D eigenvalue weighted by Gasteiger charge is 2.32. The lowest BCUT2D eigenvalue weighted by atomic mass is 9.78. The molecule has 1 saturated carbocycles. The lowest BCUT2D eigenvalue weighted by molar-refractivity contribution is -0.00786. The molecule has 3 nitrogen and oxygen atoms in total. The van der Waals surface area contributed by atoms with Crippen LogP contribution in [0, 0.1) is 5.92 Å². The minimum atomic E-state index is -0.722. The Morgan fingerprint density at radius 2 is 1.95 bits per heavy atom. The maximum atomic E-state index is 12.1. The topological polar surface area (TPSA) is 49.3 Å². The lowest BCUT2D eigenvalue weighted by Crippen LogP contribution is -2.45. The van der Waals surface area contributed by atoms with Crippen LogP contribution in [0.15, 0.2) is 29.2 Å². The largest absolute Gasteiger partial charge is 0.388 e. The molecule has 116 valence electrons. The number of carbonyl (C=O) groups is 1. The average molecular weight is 307 g/mol. The van der Waals surface area contributed by atoms with Crippen LogP contribution in [0.3, 0.4) is 0 Å². The van der Waals surface area contributed by atoms with Crippen molar-refractivity contribution in [1.82, 2.24) is 5.32 Å². The molecule has 0 aliphatic heterocycles. The molecule has 1 aromatic carbocycles. The van der Waals surface area contributed by atoms with Gasteiger partial charge in [-0.15, -0.1) is 11.8 Å². The number of amides is 1. The van der Waals surface area contributed by atoms with Crippen LogP contribution in [0.1, 0.15) is 49.4 Å². The monoisotopic (exact) mass is 307 g/mol. The molecule has 1 fully saturated rings. The number of thioether (sulfide) groups is 1. The average Bonchev–Trinajstić information content (AvgIpc) is 2.53. The summed E-state index contributed by atoms with van der Waals surface area (Å²) >= 11 is 1.66. The summed E-state index contributed by atoms with van der Waals surface area (Å²) < 4.78 is 0. The molecule has 4 heteroatoms. The van der Waals surface area contributed by atoms with E-state index in [2.05, 4.69) is 12.2 Å². The van der Waals surface area contributed by atoms with Crippen molar-refractivity contribution in [3.63, 3.8) is 0 Å². The Hall–Kier alpha value is -1.00. The van der Waals surface area contributed by atoms with Crippen molar-refractivity contribution < 1.29 is 9.90 Å². The van der Waals surface area contributed by atoms with Gasteiger partial charge in [0.25, 0.3) is 5.91 Å². The second-order valence-electron chi connectivity index (χ2n) is 5.99. The second-order valence-corrected chi connectivity index (χ2v) is 6.87. The quantitative estimate of drug-likeness (QED) is 0.819. The predicted molar refractivity (Wildman–Crippen MR) is 87.8 cm³/mol. The molecular formula is C17H25NO2S. The Kier molecular flexibility index (Phi) is 5.71. The number of aliphatic hydroxyl groups is 1. The third kappa shape index (κ3) is 4.48.